The summed E-state index contributed by atoms with van der Waals surface area (Å²) in [6.45, 7) is 5.94. The molecule has 2 rings (SSSR count). The lowest BCUT2D eigenvalue weighted by atomic mass is 10.1. The second-order valence-corrected chi connectivity index (χ2v) is 6.25. The summed E-state index contributed by atoms with van der Waals surface area (Å²) < 4.78 is 0. The molecule has 0 fully saturated rings. The topological polar surface area (TPSA) is 53.5 Å². The smallest absolute Gasteiger partial charge is 0.262 e. The molecule has 0 aliphatic carbocycles. The molecule has 2 aromatic carbocycles. The fourth-order valence-corrected chi connectivity index (χ4v) is 2.74. The lowest BCUT2D eigenvalue weighted by Gasteiger charge is -2.18. The fraction of sp³-hybridized carbons (Fsp3) is 0.300. The maximum Gasteiger partial charge on any atom is 0.262 e. The summed E-state index contributed by atoms with van der Waals surface area (Å²) in [7, 11) is 0. The molecular weight excluding hydrogens is 334 g/mol. The van der Waals surface area contributed by atoms with Gasteiger partial charge in [0.25, 0.3) is 5.91 Å². The third-order valence-electron chi connectivity index (χ3n) is 3.99. The Kier molecular flexibility index (Phi) is 7.02. The van der Waals surface area contributed by atoms with Crippen molar-refractivity contribution in [2.24, 2.45) is 5.10 Å². The number of hydrogen-bond acceptors (Lipinski definition) is 3. The van der Waals surface area contributed by atoms with E-state index in [1.165, 1.54) is 0 Å². The van der Waals surface area contributed by atoms with Gasteiger partial charge in [-0.3, -0.25) is 4.79 Å². The van der Waals surface area contributed by atoms with E-state index in [1.807, 2.05) is 69.3 Å². The number of nitrogens with zero attached hydrogens (tertiary/aromatic N) is 1. The van der Waals surface area contributed by atoms with Crippen molar-refractivity contribution >= 4 is 28.9 Å². The minimum absolute atomic E-state index is 0.154. The molecule has 1 atom stereocenters. The van der Waals surface area contributed by atoms with Crippen LogP contribution in [0.15, 0.2) is 53.6 Å². The molecule has 0 radical (unpaired) electrons. The van der Waals surface area contributed by atoms with E-state index in [0.29, 0.717) is 11.4 Å². The van der Waals surface area contributed by atoms with E-state index >= 15 is 0 Å². The Morgan fingerprint density at radius 2 is 1.88 bits per heavy atom. The highest BCUT2D eigenvalue weighted by atomic mass is 35.5. The number of hydrogen-bond donors (Lipinski definition) is 2. The maximum absolute atomic E-state index is 12.5. The summed E-state index contributed by atoms with van der Waals surface area (Å²) >= 11 is 5.98. The number of aryl methyl sites for hydroxylation is 1. The van der Waals surface area contributed by atoms with Gasteiger partial charge in [0.05, 0.1) is 5.71 Å². The summed E-state index contributed by atoms with van der Waals surface area (Å²) in [5, 5.41) is 8.26. The van der Waals surface area contributed by atoms with Gasteiger partial charge in [-0.05, 0) is 49.1 Å². The molecule has 5 heteroatoms. The van der Waals surface area contributed by atoms with Crippen molar-refractivity contribution in [3.8, 4) is 0 Å². The zero-order valence-electron chi connectivity index (χ0n) is 14.8. The Balaban J connectivity index is 2.07. The maximum atomic E-state index is 12.5. The van der Waals surface area contributed by atoms with Crippen molar-refractivity contribution in [2.45, 2.75) is 39.7 Å². The minimum Gasteiger partial charge on any atom is -0.373 e. The predicted octanol–water partition coefficient (Wildman–Crippen LogP) is 4.77. The average molecular weight is 358 g/mol. The quantitative estimate of drug-likeness (QED) is 0.554. The molecule has 1 amide bonds. The Morgan fingerprint density at radius 3 is 2.48 bits per heavy atom. The molecule has 2 aromatic rings. The molecule has 25 heavy (non-hydrogen) atoms. The molecule has 0 aliphatic rings. The van der Waals surface area contributed by atoms with Crippen LogP contribution in [0.1, 0.15) is 37.8 Å². The van der Waals surface area contributed by atoms with Crippen LogP contribution in [-0.4, -0.2) is 17.7 Å². The Morgan fingerprint density at radius 1 is 1.16 bits per heavy atom. The van der Waals surface area contributed by atoms with Gasteiger partial charge in [-0.25, -0.2) is 5.43 Å². The highest BCUT2D eigenvalue weighted by Crippen LogP contribution is 2.20. The number of benzene rings is 2. The summed E-state index contributed by atoms with van der Waals surface area (Å²) in [5.74, 6) is -0.154. The van der Waals surface area contributed by atoms with E-state index in [1.54, 1.807) is 0 Å². The van der Waals surface area contributed by atoms with E-state index in [9.17, 15) is 4.79 Å². The van der Waals surface area contributed by atoms with Crippen molar-refractivity contribution < 1.29 is 4.79 Å². The van der Waals surface area contributed by atoms with Gasteiger partial charge in [0.2, 0.25) is 0 Å². The largest absolute Gasteiger partial charge is 0.373 e. The molecular formula is C20H24ClN3O. The summed E-state index contributed by atoms with van der Waals surface area (Å²) in [5.41, 5.74) is 6.46. The normalized spacial score (nSPS) is 12.6. The zero-order valence-corrected chi connectivity index (χ0v) is 15.6. The Labute approximate surface area is 154 Å². The van der Waals surface area contributed by atoms with Gasteiger partial charge < -0.3 is 5.32 Å². The highest BCUT2D eigenvalue weighted by molar-refractivity contribution is 6.30. The minimum atomic E-state index is -0.363. The van der Waals surface area contributed by atoms with Gasteiger partial charge in [-0.1, -0.05) is 55.8 Å². The van der Waals surface area contributed by atoms with Crippen molar-refractivity contribution in [1.29, 1.82) is 0 Å². The molecule has 132 valence electrons. The van der Waals surface area contributed by atoms with Crippen molar-refractivity contribution in [3.63, 3.8) is 0 Å². The number of amides is 1. The lowest BCUT2D eigenvalue weighted by Crippen LogP contribution is -2.37. The van der Waals surface area contributed by atoms with Crippen LogP contribution < -0.4 is 10.7 Å². The van der Waals surface area contributed by atoms with Crippen LogP contribution in [-0.2, 0) is 4.79 Å². The molecule has 0 saturated heterocycles. The first kappa shape index (κ1) is 19.0. The third kappa shape index (κ3) is 5.33. The molecule has 0 heterocycles. The first-order valence-corrected chi connectivity index (χ1v) is 8.87. The van der Waals surface area contributed by atoms with Gasteiger partial charge in [-0.2, -0.15) is 5.10 Å². The summed E-state index contributed by atoms with van der Waals surface area (Å²) in [6, 6.07) is 15.1. The van der Waals surface area contributed by atoms with Gasteiger partial charge >= 0.3 is 0 Å². The van der Waals surface area contributed by atoms with Crippen LogP contribution in [0.4, 0.5) is 5.69 Å². The number of nitrogens with one attached hydrogen (secondary N) is 2. The van der Waals surface area contributed by atoms with E-state index in [4.69, 9.17) is 11.6 Å². The fourth-order valence-electron chi connectivity index (χ4n) is 2.51. The number of carbonyl (C=O) groups excluding carboxylic acids is 1. The number of hydrazone groups is 1. The first-order valence-electron chi connectivity index (χ1n) is 8.49. The second kappa shape index (κ2) is 9.23. The standard InChI is InChI=1S/C20H24ClN3O/c1-4-17(15-9-7-6-8-10-15)23-24-20(25)18(5-2)22-19-12-11-16(21)13-14(19)3/h6-13,18,22H,4-5H2,1-3H3,(H,24,25)/b23-17+/t18-/m0/s1. The zero-order chi connectivity index (χ0) is 18.2. The van der Waals surface area contributed by atoms with Crippen molar-refractivity contribution in [1.82, 2.24) is 5.43 Å². The molecule has 0 aliphatic heterocycles. The molecule has 4 nitrogen and oxygen atoms in total. The second-order valence-electron chi connectivity index (χ2n) is 5.82. The number of anilines is 1. The predicted molar refractivity (Wildman–Crippen MR) is 105 cm³/mol. The van der Waals surface area contributed by atoms with Crippen LogP contribution >= 0.6 is 11.6 Å². The van der Waals surface area contributed by atoms with Crippen molar-refractivity contribution in [3.05, 3.63) is 64.7 Å². The van der Waals surface area contributed by atoms with Crippen LogP contribution in [0.2, 0.25) is 5.02 Å². The van der Waals surface area contributed by atoms with E-state index in [2.05, 4.69) is 15.8 Å². The highest BCUT2D eigenvalue weighted by Gasteiger charge is 2.17. The average Bonchev–Trinajstić information content (AvgIpc) is 2.62. The molecule has 0 saturated carbocycles. The first-order chi connectivity index (χ1) is 12.0. The van der Waals surface area contributed by atoms with Crippen LogP contribution in [0, 0.1) is 6.92 Å². The SMILES string of the molecule is CC/C(=N\NC(=O)[C@H](CC)Nc1ccc(Cl)cc1C)c1ccccc1. The van der Waals surface area contributed by atoms with E-state index < -0.39 is 0 Å². The molecule has 2 N–H and O–H groups in total. The number of carbonyl (C=O) groups is 1. The molecule has 0 unspecified atom stereocenters. The van der Waals surface area contributed by atoms with Gasteiger partial charge in [-0.15, -0.1) is 0 Å². The molecule has 0 spiro atoms. The van der Waals surface area contributed by atoms with Crippen molar-refractivity contribution in [2.75, 3.05) is 5.32 Å². The Bertz CT molecular complexity index is 744. The van der Waals surface area contributed by atoms with Crippen LogP contribution in [0.5, 0.6) is 0 Å². The van der Waals surface area contributed by atoms with Gasteiger partial charge in [0.15, 0.2) is 0 Å². The van der Waals surface area contributed by atoms with Gasteiger partial charge in [0.1, 0.15) is 6.04 Å². The van der Waals surface area contributed by atoms with Crippen LogP contribution in [0.3, 0.4) is 0 Å². The lowest BCUT2D eigenvalue weighted by molar-refractivity contribution is -0.121. The number of rotatable bonds is 7. The van der Waals surface area contributed by atoms with Gasteiger partial charge in [0, 0.05) is 10.7 Å². The Hall–Kier alpha value is -2.33. The van der Waals surface area contributed by atoms with E-state index in [0.717, 1.165) is 28.9 Å². The summed E-state index contributed by atoms with van der Waals surface area (Å²) in [4.78, 5) is 12.5. The molecule has 0 bridgehead atoms. The monoisotopic (exact) mass is 357 g/mol. The summed E-state index contributed by atoms with van der Waals surface area (Å²) in [6.07, 6.45) is 1.39. The van der Waals surface area contributed by atoms with E-state index in [-0.39, 0.29) is 11.9 Å². The third-order valence-corrected chi connectivity index (χ3v) is 4.22. The molecule has 0 aromatic heterocycles. The van der Waals surface area contributed by atoms with Crippen LogP contribution in [0.25, 0.3) is 0 Å². The number of halogens is 1.